The Labute approximate surface area is 269 Å². The van der Waals surface area contributed by atoms with Crippen molar-refractivity contribution in [1.29, 1.82) is 0 Å². The Balaban J connectivity index is 1.43. The molecule has 0 saturated carbocycles. The van der Waals surface area contributed by atoms with Gasteiger partial charge in [-0.25, -0.2) is 15.0 Å². The third kappa shape index (κ3) is 6.91. The summed E-state index contributed by atoms with van der Waals surface area (Å²) in [6.07, 6.45) is 1.96. The van der Waals surface area contributed by atoms with Crippen LogP contribution in [0.15, 0.2) is 108 Å². The van der Waals surface area contributed by atoms with E-state index in [4.69, 9.17) is 23.2 Å². The Bertz CT molecular complexity index is 1700. The Kier molecular flexibility index (Phi) is 9.33. The zero-order chi connectivity index (χ0) is 32.1. The van der Waals surface area contributed by atoms with E-state index in [1.54, 1.807) is 74.8 Å². The van der Waals surface area contributed by atoms with E-state index in [1.165, 1.54) is 21.9 Å². The van der Waals surface area contributed by atoms with E-state index in [0.29, 0.717) is 32.2 Å². The number of hydrogen-bond donors (Lipinski definition) is 3. The van der Waals surface area contributed by atoms with Crippen molar-refractivity contribution >= 4 is 58.3 Å². The number of carbonyl (C=O) groups excluding carboxylic acids is 3. The number of aromatic nitrogens is 1. The first-order valence-electron chi connectivity index (χ1n) is 13.8. The van der Waals surface area contributed by atoms with Crippen LogP contribution in [0.1, 0.15) is 25.0 Å². The molecule has 45 heavy (non-hydrogen) atoms. The predicted molar refractivity (Wildman–Crippen MR) is 172 cm³/mol. The number of anilines is 2. The number of amides is 5. The second-order valence-corrected chi connectivity index (χ2v) is 11.5. The summed E-state index contributed by atoms with van der Waals surface area (Å²) in [5.41, 5.74) is 3.89. The van der Waals surface area contributed by atoms with E-state index < -0.39 is 36.2 Å². The van der Waals surface area contributed by atoms with Gasteiger partial charge in [-0.05, 0) is 62.4 Å². The van der Waals surface area contributed by atoms with Crippen molar-refractivity contribution in [2.45, 2.75) is 25.6 Å². The summed E-state index contributed by atoms with van der Waals surface area (Å²) in [4.78, 5) is 47.1. The van der Waals surface area contributed by atoms with Gasteiger partial charge in [0.25, 0.3) is 5.91 Å². The van der Waals surface area contributed by atoms with E-state index in [-0.39, 0.29) is 0 Å². The maximum Gasteiger partial charge on any atom is 0.347 e. The first-order chi connectivity index (χ1) is 21.6. The minimum Gasteiger partial charge on any atom is -0.306 e. The first-order valence-corrected chi connectivity index (χ1v) is 14.6. The molecule has 5 amide bonds. The van der Waals surface area contributed by atoms with Crippen molar-refractivity contribution in [1.82, 2.24) is 20.4 Å². The van der Waals surface area contributed by atoms with Gasteiger partial charge < -0.3 is 10.2 Å². The molecule has 1 aliphatic rings. The summed E-state index contributed by atoms with van der Waals surface area (Å²) in [7, 11) is 0. The molecule has 1 saturated heterocycles. The van der Waals surface area contributed by atoms with Crippen LogP contribution in [0.3, 0.4) is 0 Å². The molecule has 2 heterocycles. The minimum atomic E-state index is -1.30. The fourth-order valence-corrected chi connectivity index (χ4v) is 5.43. The number of nitrogens with zero attached hydrogens (tertiary/aromatic N) is 5. The Hall–Kier alpha value is -4.97. The predicted octanol–water partition coefficient (Wildman–Crippen LogP) is 6.23. The summed E-state index contributed by atoms with van der Waals surface area (Å²) in [5.74, 6) is -0.599. The van der Waals surface area contributed by atoms with Crippen LogP contribution in [0.2, 0.25) is 10.0 Å². The van der Waals surface area contributed by atoms with E-state index in [0.717, 1.165) is 11.1 Å². The van der Waals surface area contributed by atoms with Gasteiger partial charge in [0.15, 0.2) is 6.17 Å². The molecule has 0 aliphatic carbocycles. The highest BCUT2D eigenvalue weighted by Gasteiger charge is 2.56. The zero-order valence-electron chi connectivity index (χ0n) is 24.3. The molecule has 0 bridgehead atoms. The molecule has 5 rings (SSSR count). The number of carbonyl (C=O) groups is 3. The van der Waals surface area contributed by atoms with Crippen LogP contribution in [0.4, 0.5) is 21.0 Å². The quantitative estimate of drug-likeness (QED) is 0.119. The average Bonchev–Trinajstić information content (AvgIpc) is 3.22. The molecule has 13 heteroatoms. The van der Waals surface area contributed by atoms with Crippen LogP contribution in [0.5, 0.6) is 0 Å². The highest BCUT2D eigenvalue weighted by molar-refractivity contribution is 6.31. The second-order valence-electron chi connectivity index (χ2n) is 10.6. The maximum atomic E-state index is 14.0. The minimum absolute atomic E-state index is 0.310. The fraction of sp³-hybridized carbons (Fsp3) is 0.156. The van der Waals surface area contributed by atoms with Crippen molar-refractivity contribution in [3.63, 3.8) is 0 Å². The summed E-state index contributed by atoms with van der Waals surface area (Å²) in [6, 6.07) is 24.1. The Morgan fingerprint density at radius 2 is 1.58 bits per heavy atom. The fourth-order valence-electron chi connectivity index (χ4n) is 5.05. The highest BCUT2D eigenvalue weighted by Crippen LogP contribution is 2.38. The molecule has 0 radical (unpaired) electrons. The number of hydrogen-bond acceptors (Lipinski definition) is 6. The lowest BCUT2D eigenvalue weighted by Gasteiger charge is -2.38. The van der Waals surface area contributed by atoms with Crippen molar-refractivity contribution in [3.05, 3.63) is 125 Å². The van der Waals surface area contributed by atoms with Gasteiger partial charge in [-0.1, -0.05) is 65.7 Å². The van der Waals surface area contributed by atoms with E-state index in [2.05, 4.69) is 20.8 Å². The third-order valence-corrected chi connectivity index (χ3v) is 7.68. The molecule has 1 atom stereocenters. The van der Waals surface area contributed by atoms with Crippen LogP contribution in [0, 0.1) is 0 Å². The summed E-state index contributed by atoms with van der Waals surface area (Å²) < 4.78 is 0. The van der Waals surface area contributed by atoms with Crippen molar-refractivity contribution in [2.75, 3.05) is 16.8 Å². The molecule has 1 fully saturated rings. The summed E-state index contributed by atoms with van der Waals surface area (Å²) >= 11 is 12.3. The van der Waals surface area contributed by atoms with Gasteiger partial charge in [-0.3, -0.25) is 19.9 Å². The van der Waals surface area contributed by atoms with Crippen LogP contribution < -0.4 is 15.6 Å². The van der Waals surface area contributed by atoms with Crippen molar-refractivity contribution < 1.29 is 19.6 Å². The number of hydroxylamine groups is 2. The molecule has 0 spiro atoms. The highest BCUT2D eigenvalue weighted by atomic mass is 35.5. The van der Waals surface area contributed by atoms with E-state index in [9.17, 15) is 19.6 Å². The molecule has 11 nitrogen and oxygen atoms in total. The largest absolute Gasteiger partial charge is 0.347 e. The summed E-state index contributed by atoms with van der Waals surface area (Å²) in [5, 5.41) is 19.4. The van der Waals surface area contributed by atoms with Crippen LogP contribution in [-0.2, 0) is 4.79 Å². The number of nitrogens with one attached hydrogen (secondary N) is 2. The lowest BCUT2D eigenvalue weighted by atomic mass is 9.99. The molecular formula is C32H29Cl2N7O4. The van der Waals surface area contributed by atoms with Gasteiger partial charge in [0.05, 0.1) is 11.3 Å². The van der Waals surface area contributed by atoms with Gasteiger partial charge in [0, 0.05) is 44.9 Å². The van der Waals surface area contributed by atoms with Crippen molar-refractivity contribution in [3.8, 4) is 0 Å². The van der Waals surface area contributed by atoms with Crippen molar-refractivity contribution in [2.24, 2.45) is 5.10 Å². The second kappa shape index (κ2) is 13.3. The number of halogens is 2. The lowest BCUT2D eigenvalue weighted by molar-refractivity contribution is -0.124. The molecule has 3 aromatic carbocycles. The zero-order valence-corrected chi connectivity index (χ0v) is 25.8. The Morgan fingerprint density at radius 1 is 0.933 bits per heavy atom. The number of pyridine rings is 1. The van der Waals surface area contributed by atoms with Gasteiger partial charge >= 0.3 is 12.1 Å². The third-order valence-electron chi connectivity index (χ3n) is 7.21. The smallest absolute Gasteiger partial charge is 0.306 e. The molecule has 1 aliphatic heterocycles. The number of urea groups is 2. The standard InChI is InChI=1S/C32H29Cl2N7O4/c1-32(2)29(41(45)30(43)36-25-12-6-10-23(33)18-25)40(26-13-7-11-24(34)19-26)31(44)39(32)20-27(42)37-38-28(21-8-4-3-5-9-21)22-14-16-35-17-15-22/h3-19,29,45H,20H2,1-2H3,(H,36,43)(H,37,42)/b38-28+/t29-/m1/s1. The monoisotopic (exact) mass is 645 g/mol. The number of benzene rings is 3. The topological polar surface area (TPSA) is 130 Å². The van der Waals surface area contributed by atoms with Gasteiger partial charge in [-0.15, -0.1) is 0 Å². The van der Waals surface area contributed by atoms with Gasteiger partial charge in [0.2, 0.25) is 0 Å². The average molecular weight is 647 g/mol. The first kappa shape index (κ1) is 31.5. The van der Waals surface area contributed by atoms with Crippen LogP contribution in [-0.4, -0.2) is 62.1 Å². The van der Waals surface area contributed by atoms with Gasteiger partial charge in [-0.2, -0.15) is 10.2 Å². The van der Waals surface area contributed by atoms with E-state index >= 15 is 0 Å². The SMILES string of the molecule is CC1(C)[C@@H](N(O)C(=O)Nc2cccc(Cl)c2)N(c2cccc(Cl)c2)C(=O)N1CC(=O)N/N=C(\c1ccccc1)c1ccncc1. The molecule has 0 unspecified atom stereocenters. The molecule has 1 aromatic heterocycles. The maximum absolute atomic E-state index is 14.0. The Morgan fingerprint density at radius 3 is 2.24 bits per heavy atom. The summed E-state index contributed by atoms with van der Waals surface area (Å²) in [6.45, 7) is 2.84. The molecular weight excluding hydrogens is 617 g/mol. The normalized spacial score (nSPS) is 16.0. The number of rotatable bonds is 8. The van der Waals surface area contributed by atoms with Crippen LogP contribution >= 0.6 is 23.2 Å². The number of hydrazone groups is 1. The molecule has 4 aromatic rings. The van der Waals surface area contributed by atoms with Gasteiger partial charge in [0.1, 0.15) is 6.54 Å². The lowest BCUT2D eigenvalue weighted by Crippen LogP contribution is -2.58. The molecule has 230 valence electrons. The van der Waals surface area contributed by atoms with E-state index in [1.807, 2.05) is 30.3 Å². The molecule has 3 N–H and O–H groups in total. The van der Waals surface area contributed by atoms with Crippen LogP contribution in [0.25, 0.3) is 0 Å².